The maximum Gasteiger partial charge on any atom is 0.323 e. The minimum atomic E-state index is -0.401. The van der Waals surface area contributed by atoms with Gasteiger partial charge in [0.25, 0.3) is 0 Å². The number of aromatic nitrogens is 1. The average Bonchev–Trinajstić information content (AvgIpc) is 3.22. The fraction of sp³-hybridized carbons (Fsp3) is 0.276. The quantitative estimate of drug-likeness (QED) is 0.383. The number of aromatic amines is 1. The standard InChI is InChI=1S/C29H30N2O3/c1-19(2)34-29(32)26-17-24-23-11-7-8-12-25(23)30-27(24)28(21-9-5-4-6-10-21)31(26)18-20-13-15-22(33-3)16-14-20/h4-16,19,26,28,30H,17-18H2,1-3H3/t26-,28+/m0/s1. The van der Waals surface area contributed by atoms with E-state index in [1.54, 1.807) is 7.11 Å². The van der Waals surface area contributed by atoms with E-state index in [1.807, 2.05) is 38.1 Å². The van der Waals surface area contributed by atoms with E-state index in [4.69, 9.17) is 9.47 Å². The molecule has 0 saturated carbocycles. The molecule has 0 saturated heterocycles. The van der Waals surface area contributed by atoms with Gasteiger partial charge in [-0.1, -0.05) is 60.7 Å². The minimum absolute atomic E-state index is 0.107. The third-order valence-corrected chi connectivity index (χ3v) is 6.51. The first kappa shape index (κ1) is 22.2. The second-order valence-electron chi connectivity index (χ2n) is 9.10. The van der Waals surface area contributed by atoms with Gasteiger partial charge < -0.3 is 14.5 Å². The first-order valence-corrected chi connectivity index (χ1v) is 11.8. The molecule has 3 aromatic carbocycles. The minimum Gasteiger partial charge on any atom is -0.497 e. The Kier molecular flexibility index (Phi) is 6.12. The van der Waals surface area contributed by atoms with E-state index in [9.17, 15) is 4.79 Å². The van der Waals surface area contributed by atoms with Crippen molar-refractivity contribution in [3.8, 4) is 5.75 Å². The smallest absolute Gasteiger partial charge is 0.323 e. The second-order valence-corrected chi connectivity index (χ2v) is 9.10. The summed E-state index contributed by atoms with van der Waals surface area (Å²) >= 11 is 0. The zero-order valence-electron chi connectivity index (χ0n) is 19.8. The lowest BCUT2D eigenvalue weighted by atomic mass is 9.87. The number of methoxy groups -OCH3 is 1. The number of nitrogens with one attached hydrogen (secondary N) is 1. The summed E-state index contributed by atoms with van der Waals surface area (Å²) in [5, 5.41) is 1.17. The van der Waals surface area contributed by atoms with Gasteiger partial charge in [0.1, 0.15) is 11.8 Å². The molecule has 1 N–H and O–H groups in total. The Bertz CT molecular complexity index is 1280. The number of benzene rings is 3. The molecule has 34 heavy (non-hydrogen) atoms. The van der Waals surface area contributed by atoms with E-state index >= 15 is 0 Å². The summed E-state index contributed by atoms with van der Waals surface area (Å²) in [7, 11) is 1.67. The van der Waals surface area contributed by atoms with Crippen LogP contribution < -0.4 is 4.74 Å². The van der Waals surface area contributed by atoms with E-state index in [0.29, 0.717) is 13.0 Å². The number of esters is 1. The second kappa shape index (κ2) is 9.35. The van der Waals surface area contributed by atoms with Gasteiger partial charge in [-0.05, 0) is 48.7 Å². The normalized spacial score (nSPS) is 18.1. The summed E-state index contributed by atoms with van der Waals surface area (Å²) in [6.45, 7) is 4.41. The summed E-state index contributed by atoms with van der Waals surface area (Å²) < 4.78 is 11.1. The zero-order valence-corrected chi connectivity index (χ0v) is 19.8. The molecule has 0 aliphatic carbocycles. The molecular formula is C29H30N2O3. The number of H-pyrrole nitrogens is 1. The van der Waals surface area contributed by atoms with Gasteiger partial charge >= 0.3 is 5.97 Å². The summed E-state index contributed by atoms with van der Waals surface area (Å²) in [6.07, 6.45) is 0.430. The highest BCUT2D eigenvalue weighted by Gasteiger charge is 2.41. The number of para-hydroxylation sites is 1. The van der Waals surface area contributed by atoms with Crippen molar-refractivity contribution in [1.29, 1.82) is 0 Å². The Morgan fingerprint density at radius 1 is 1.00 bits per heavy atom. The van der Waals surface area contributed by atoms with Gasteiger partial charge in [-0.25, -0.2) is 0 Å². The molecule has 1 aliphatic heterocycles. The van der Waals surface area contributed by atoms with Crippen molar-refractivity contribution in [2.45, 2.75) is 45.0 Å². The number of ether oxygens (including phenoxy) is 2. The van der Waals surface area contributed by atoms with Crippen molar-refractivity contribution < 1.29 is 14.3 Å². The Labute approximate surface area is 200 Å². The van der Waals surface area contributed by atoms with Crippen LogP contribution in [0.15, 0.2) is 78.9 Å². The number of carbonyl (C=O) groups excluding carboxylic acids is 1. The molecule has 0 spiro atoms. The zero-order chi connectivity index (χ0) is 23.7. The molecule has 0 unspecified atom stereocenters. The third kappa shape index (κ3) is 4.19. The Balaban J connectivity index is 1.66. The van der Waals surface area contributed by atoms with Crippen molar-refractivity contribution in [3.05, 3.63) is 101 Å². The lowest BCUT2D eigenvalue weighted by Crippen LogP contribution is -2.49. The molecule has 5 heteroatoms. The van der Waals surface area contributed by atoms with Crippen LogP contribution in [-0.2, 0) is 22.5 Å². The number of rotatable bonds is 6. The monoisotopic (exact) mass is 454 g/mol. The lowest BCUT2D eigenvalue weighted by Gasteiger charge is -2.41. The topological polar surface area (TPSA) is 54.6 Å². The van der Waals surface area contributed by atoms with E-state index in [1.165, 1.54) is 10.9 Å². The van der Waals surface area contributed by atoms with Gasteiger partial charge in [0.05, 0.1) is 19.3 Å². The number of nitrogens with zero attached hydrogens (tertiary/aromatic N) is 1. The van der Waals surface area contributed by atoms with Gasteiger partial charge in [0.2, 0.25) is 0 Å². The highest BCUT2D eigenvalue weighted by atomic mass is 16.5. The van der Waals surface area contributed by atoms with Crippen LogP contribution in [0.1, 0.15) is 42.3 Å². The van der Waals surface area contributed by atoms with Crippen LogP contribution in [0.5, 0.6) is 5.75 Å². The van der Waals surface area contributed by atoms with E-state index in [2.05, 4.69) is 64.5 Å². The van der Waals surface area contributed by atoms with Crippen molar-refractivity contribution in [2.24, 2.45) is 0 Å². The van der Waals surface area contributed by atoms with Crippen LogP contribution in [0.4, 0.5) is 0 Å². The highest BCUT2D eigenvalue weighted by Crippen LogP contribution is 2.42. The first-order chi connectivity index (χ1) is 16.5. The van der Waals surface area contributed by atoms with Crippen molar-refractivity contribution in [2.75, 3.05) is 7.11 Å². The summed E-state index contributed by atoms with van der Waals surface area (Å²) in [5.74, 6) is 0.635. The molecule has 1 aliphatic rings. The first-order valence-electron chi connectivity index (χ1n) is 11.8. The van der Waals surface area contributed by atoms with Crippen LogP contribution in [0.2, 0.25) is 0 Å². The molecule has 0 amide bonds. The highest BCUT2D eigenvalue weighted by molar-refractivity contribution is 5.87. The largest absolute Gasteiger partial charge is 0.497 e. The SMILES string of the molecule is COc1ccc(CN2[C@H](c3ccccc3)c3[nH]c4ccccc4c3C[C@H]2C(=O)OC(C)C)cc1. The number of fused-ring (bicyclic) bond motifs is 3. The molecule has 2 heterocycles. The molecule has 5 rings (SSSR count). The Morgan fingerprint density at radius 3 is 2.41 bits per heavy atom. The molecule has 4 aromatic rings. The van der Waals surface area contributed by atoms with Crippen LogP contribution in [0, 0.1) is 0 Å². The van der Waals surface area contributed by atoms with Crippen molar-refractivity contribution in [1.82, 2.24) is 9.88 Å². The van der Waals surface area contributed by atoms with Gasteiger partial charge in [0, 0.05) is 29.6 Å². The number of hydrogen-bond acceptors (Lipinski definition) is 4. The molecule has 0 bridgehead atoms. The fourth-order valence-electron chi connectivity index (χ4n) is 5.00. The maximum absolute atomic E-state index is 13.5. The molecular weight excluding hydrogens is 424 g/mol. The Hall–Kier alpha value is -3.57. The third-order valence-electron chi connectivity index (χ3n) is 6.51. The summed E-state index contributed by atoms with van der Waals surface area (Å²) in [4.78, 5) is 19.4. The fourth-order valence-corrected chi connectivity index (χ4v) is 5.00. The van der Waals surface area contributed by atoms with Crippen LogP contribution >= 0.6 is 0 Å². The summed E-state index contributed by atoms with van der Waals surface area (Å²) in [6, 6.07) is 26.3. The Morgan fingerprint density at radius 2 is 1.71 bits per heavy atom. The molecule has 5 nitrogen and oxygen atoms in total. The van der Waals surface area contributed by atoms with Crippen molar-refractivity contribution in [3.63, 3.8) is 0 Å². The number of carbonyl (C=O) groups is 1. The molecule has 1 aromatic heterocycles. The van der Waals surface area contributed by atoms with Crippen LogP contribution in [-0.4, -0.2) is 35.1 Å². The lowest BCUT2D eigenvalue weighted by molar-refractivity contribution is -0.155. The molecule has 0 radical (unpaired) electrons. The van der Waals surface area contributed by atoms with Crippen LogP contribution in [0.25, 0.3) is 10.9 Å². The van der Waals surface area contributed by atoms with Crippen molar-refractivity contribution >= 4 is 16.9 Å². The van der Waals surface area contributed by atoms with E-state index < -0.39 is 6.04 Å². The van der Waals surface area contributed by atoms with E-state index in [0.717, 1.165) is 28.1 Å². The van der Waals surface area contributed by atoms with Gasteiger partial charge in [0.15, 0.2) is 0 Å². The van der Waals surface area contributed by atoms with E-state index in [-0.39, 0.29) is 18.1 Å². The number of hydrogen-bond donors (Lipinski definition) is 1. The predicted molar refractivity (Wildman–Crippen MR) is 134 cm³/mol. The average molecular weight is 455 g/mol. The van der Waals surface area contributed by atoms with Crippen LogP contribution in [0.3, 0.4) is 0 Å². The predicted octanol–water partition coefficient (Wildman–Crippen LogP) is 5.64. The van der Waals surface area contributed by atoms with Gasteiger partial charge in [-0.15, -0.1) is 0 Å². The molecule has 0 fully saturated rings. The van der Waals surface area contributed by atoms with Gasteiger partial charge in [-0.3, -0.25) is 9.69 Å². The van der Waals surface area contributed by atoms with Gasteiger partial charge in [-0.2, -0.15) is 0 Å². The maximum atomic E-state index is 13.5. The molecule has 174 valence electrons. The summed E-state index contributed by atoms with van der Waals surface area (Å²) in [5.41, 5.74) is 5.70. The molecule has 2 atom stereocenters.